The minimum atomic E-state index is -0.453. The number of carbonyl (C=O) groups is 2. The highest BCUT2D eigenvalue weighted by molar-refractivity contribution is 5.92. The van der Waals surface area contributed by atoms with E-state index in [1.54, 1.807) is 30.5 Å². The average molecular weight is 507 g/mol. The first kappa shape index (κ1) is 26.2. The minimum Gasteiger partial charge on any atom is -0.360 e. The van der Waals surface area contributed by atoms with Crippen molar-refractivity contribution < 1.29 is 18.5 Å². The van der Waals surface area contributed by atoms with E-state index in [1.165, 1.54) is 6.07 Å². The lowest BCUT2D eigenvalue weighted by Crippen LogP contribution is -2.23. The zero-order valence-corrected chi connectivity index (χ0v) is 21.4. The number of fused-ring (bicyclic) bond motifs is 1. The minimum absolute atomic E-state index is 0.00145. The fraction of sp³-hybridized carbons (Fsp3) is 0.370. The molecule has 1 atom stereocenters. The van der Waals surface area contributed by atoms with Crippen LogP contribution in [-0.2, 0) is 16.8 Å². The summed E-state index contributed by atoms with van der Waals surface area (Å²) in [5, 5.41) is 9.61. The Bertz CT molecular complexity index is 1400. The molecule has 3 N–H and O–H groups in total. The van der Waals surface area contributed by atoms with Crippen molar-refractivity contribution in [2.24, 2.45) is 0 Å². The number of benzene rings is 1. The topological polar surface area (TPSA) is 126 Å². The smallest absolute Gasteiger partial charge is 0.273 e. The average Bonchev–Trinajstić information content (AvgIpc) is 3.53. The second kappa shape index (κ2) is 11.0. The Labute approximate surface area is 214 Å². The molecule has 1 unspecified atom stereocenters. The van der Waals surface area contributed by atoms with Gasteiger partial charge in [-0.05, 0) is 37.7 Å². The van der Waals surface area contributed by atoms with E-state index in [0.717, 1.165) is 24.8 Å². The Morgan fingerprint density at radius 2 is 2.05 bits per heavy atom. The molecule has 37 heavy (non-hydrogen) atoms. The largest absolute Gasteiger partial charge is 0.360 e. The molecule has 4 rings (SSSR count). The predicted molar refractivity (Wildman–Crippen MR) is 138 cm³/mol. The molecule has 0 radical (unpaired) electrons. The molecule has 0 aliphatic carbocycles. The van der Waals surface area contributed by atoms with Gasteiger partial charge in [-0.1, -0.05) is 38.1 Å². The molecular formula is C27H31FN6O3. The molecule has 0 aliphatic heterocycles. The molecule has 3 heterocycles. The van der Waals surface area contributed by atoms with E-state index in [0.29, 0.717) is 40.3 Å². The van der Waals surface area contributed by atoms with Crippen molar-refractivity contribution in [3.05, 3.63) is 65.2 Å². The Morgan fingerprint density at radius 1 is 1.24 bits per heavy atom. The van der Waals surface area contributed by atoms with Gasteiger partial charge in [-0.2, -0.15) is 0 Å². The molecular weight excluding hydrogens is 475 g/mol. The quantitative estimate of drug-likeness (QED) is 0.274. The van der Waals surface area contributed by atoms with Crippen LogP contribution in [-0.4, -0.2) is 45.9 Å². The number of aromatic nitrogens is 4. The van der Waals surface area contributed by atoms with Crippen LogP contribution in [0.1, 0.15) is 67.2 Å². The molecule has 0 fully saturated rings. The highest BCUT2D eigenvalue weighted by Crippen LogP contribution is 2.30. The van der Waals surface area contributed by atoms with Gasteiger partial charge in [0.05, 0.1) is 5.52 Å². The molecule has 1 aromatic carbocycles. The molecule has 194 valence electrons. The Kier molecular flexibility index (Phi) is 7.77. The fourth-order valence-corrected chi connectivity index (χ4v) is 4.02. The maximum absolute atomic E-state index is 15.0. The second-order valence-electron chi connectivity index (χ2n) is 9.99. The second-order valence-corrected chi connectivity index (χ2v) is 9.99. The molecule has 0 saturated carbocycles. The first-order chi connectivity index (χ1) is 17.7. The van der Waals surface area contributed by atoms with Crippen LogP contribution < -0.4 is 10.6 Å². The van der Waals surface area contributed by atoms with E-state index in [-0.39, 0.29) is 23.6 Å². The van der Waals surface area contributed by atoms with Crippen molar-refractivity contribution in [3.63, 3.8) is 0 Å². The lowest BCUT2D eigenvalue weighted by atomic mass is 9.93. The number of nitrogens with zero attached hydrogens (tertiary/aromatic N) is 3. The molecule has 4 aromatic rings. The third-order valence-corrected chi connectivity index (χ3v) is 6.21. The van der Waals surface area contributed by atoms with Crippen LogP contribution in [0.15, 0.2) is 41.1 Å². The number of amides is 1. The number of rotatable bonds is 10. The summed E-state index contributed by atoms with van der Waals surface area (Å²) in [7, 11) is 1.86. The van der Waals surface area contributed by atoms with Crippen molar-refractivity contribution in [2.45, 2.75) is 51.5 Å². The van der Waals surface area contributed by atoms with Crippen LogP contribution in [0.3, 0.4) is 0 Å². The Morgan fingerprint density at radius 3 is 2.73 bits per heavy atom. The zero-order valence-electron chi connectivity index (χ0n) is 21.4. The van der Waals surface area contributed by atoms with Crippen molar-refractivity contribution in [1.29, 1.82) is 0 Å². The summed E-state index contributed by atoms with van der Waals surface area (Å²) < 4.78 is 20.3. The summed E-state index contributed by atoms with van der Waals surface area (Å²) in [6.45, 7) is 6.62. The molecule has 0 saturated heterocycles. The number of nitrogens with one attached hydrogen (secondary N) is 3. The third-order valence-electron chi connectivity index (χ3n) is 6.21. The third kappa shape index (κ3) is 5.91. The number of aromatic amines is 1. The van der Waals surface area contributed by atoms with Crippen LogP contribution in [0.4, 0.5) is 4.39 Å². The number of H-pyrrole nitrogens is 1. The van der Waals surface area contributed by atoms with Crippen LogP contribution in [0, 0.1) is 5.82 Å². The van der Waals surface area contributed by atoms with Gasteiger partial charge in [0.15, 0.2) is 11.3 Å². The standard InChI is InChI=1S/C27H31FN6O3/c1-27(2,3)22-14-21(34-37-22)26(36)31-15-18-6-5-17(13-20(18)28)19-8-11-30-25-23(19)32-24(33-25)16(9-12-35)7-10-29-4/h5-6,8,11-14,16,29H,7,9-10,15H2,1-4H3,(H,31,36)(H,30,32,33). The number of carbonyl (C=O) groups excluding carboxylic acids is 2. The van der Waals surface area contributed by atoms with Crippen molar-refractivity contribution >= 4 is 23.4 Å². The first-order valence-corrected chi connectivity index (χ1v) is 12.2. The molecule has 9 nitrogen and oxygen atoms in total. The summed E-state index contributed by atoms with van der Waals surface area (Å²) in [4.78, 5) is 35.9. The summed E-state index contributed by atoms with van der Waals surface area (Å²) in [6.07, 6.45) is 3.60. The Hall–Kier alpha value is -3.92. The lowest BCUT2D eigenvalue weighted by Gasteiger charge is -2.12. The van der Waals surface area contributed by atoms with Crippen molar-refractivity contribution in [1.82, 2.24) is 30.7 Å². The van der Waals surface area contributed by atoms with Crippen LogP contribution in [0.2, 0.25) is 0 Å². The number of hydrogen-bond acceptors (Lipinski definition) is 7. The van der Waals surface area contributed by atoms with Gasteiger partial charge in [0, 0.05) is 47.7 Å². The monoisotopic (exact) mass is 506 g/mol. The maximum atomic E-state index is 15.0. The van der Waals surface area contributed by atoms with E-state index in [4.69, 9.17) is 4.52 Å². The highest BCUT2D eigenvalue weighted by Gasteiger charge is 2.22. The first-order valence-electron chi connectivity index (χ1n) is 12.2. The van der Waals surface area contributed by atoms with Crippen LogP contribution in [0.5, 0.6) is 0 Å². The highest BCUT2D eigenvalue weighted by atomic mass is 19.1. The molecule has 10 heteroatoms. The number of hydrogen-bond donors (Lipinski definition) is 3. The van der Waals surface area contributed by atoms with Gasteiger partial charge in [0.25, 0.3) is 5.91 Å². The van der Waals surface area contributed by atoms with Crippen molar-refractivity contribution in [3.8, 4) is 11.1 Å². The summed E-state index contributed by atoms with van der Waals surface area (Å²) in [6, 6.07) is 8.24. The summed E-state index contributed by atoms with van der Waals surface area (Å²) in [5.41, 5.74) is 2.79. The molecule has 1 amide bonds. The molecule has 0 spiro atoms. The van der Waals surface area contributed by atoms with Crippen LogP contribution in [0.25, 0.3) is 22.3 Å². The number of aldehydes is 1. The van der Waals surface area contributed by atoms with Gasteiger partial charge >= 0.3 is 0 Å². The molecule has 0 bridgehead atoms. The number of halogens is 1. The van der Waals surface area contributed by atoms with Crippen molar-refractivity contribution in [2.75, 3.05) is 13.6 Å². The molecule has 0 aliphatic rings. The lowest BCUT2D eigenvalue weighted by molar-refractivity contribution is -0.108. The maximum Gasteiger partial charge on any atom is 0.273 e. The van der Waals surface area contributed by atoms with E-state index >= 15 is 4.39 Å². The summed E-state index contributed by atoms with van der Waals surface area (Å²) in [5.74, 6) is 0.314. The van der Waals surface area contributed by atoms with Gasteiger partial charge in [-0.15, -0.1) is 0 Å². The van der Waals surface area contributed by atoms with Gasteiger partial charge in [-0.25, -0.2) is 14.4 Å². The predicted octanol–water partition coefficient (Wildman–Crippen LogP) is 4.26. The molecule has 3 aromatic heterocycles. The zero-order chi connectivity index (χ0) is 26.6. The summed E-state index contributed by atoms with van der Waals surface area (Å²) >= 11 is 0. The SMILES string of the molecule is CNCCC(CC=O)c1nc2nccc(-c3ccc(CNC(=O)c4cc(C(C)(C)C)on4)c(F)c3)c2[nH]1. The van der Waals surface area contributed by atoms with Gasteiger partial charge < -0.3 is 24.9 Å². The van der Waals surface area contributed by atoms with E-state index in [1.807, 2.05) is 27.8 Å². The van der Waals surface area contributed by atoms with E-state index < -0.39 is 11.7 Å². The van der Waals surface area contributed by atoms with E-state index in [2.05, 4.69) is 30.7 Å². The number of imidazole rings is 1. The van der Waals surface area contributed by atoms with Crippen LogP contribution >= 0.6 is 0 Å². The van der Waals surface area contributed by atoms with Gasteiger partial charge in [-0.3, -0.25) is 4.79 Å². The number of pyridine rings is 1. The fourth-order valence-electron chi connectivity index (χ4n) is 4.02. The Balaban J connectivity index is 1.53. The van der Waals surface area contributed by atoms with Gasteiger partial charge in [0.1, 0.15) is 23.7 Å². The normalized spacial score (nSPS) is 12.6. The van der Waals surface area contributed by atoms with E-state index in [9.17, 15) is 9.59 Å². The van der Waals surface area contributed by atoms with Gasteiger partial charge in [0.2, 0.25) is 0 Å².